The van der Waals surface area contributed by atoms with Crippen LogP contribution in [-0.2, 0) is 14.9 Å². The minimum Gasteiger partial charge on any atom is -0.466 e. The minimum atomic E-state index is -0.322. The van der Waals surface area contributed by atoms with Crippen LogP contribution in [0.15, 0.2) is 30.3 Å². The number of carbonyl (C=O) groups excluding carboxylic acids is 1. The number of alkyl halides is 1. The van der Waals surface area contributed by atoms with Gasteiger partial charge in [-0.05, 0) is 23.6 Å². The van der Waals surface area contributed by atoms with Gasteiger partial charge in [-0.2, -0.15) is 0 Å². The normalized spacial score (nSPS) is 11.3. The van der Waals surface area contributed by atoms with Crippen LogP contribution in [0.3, 0.4) is 0 Å². The van der Waals surface area contributed by atoms with Crippen molar-refractivity contribution in [3.63, 3.8) is 0 Å². The lowest BCUT2D eigenvalue weighted by Gasteiger charge is -2.06. The molecule has 3 heteroatoms. The van der Waals surface area contributed by atoms with Crippen molar-refractivity contribution in [1.29, 1.82) is 0 Å². The van der Waals surface area contributed by atoms with Gasteiger partial charge >= 0.3 is 5.97 Å². The van der Waals surface area contributed by atoms with E-state index in [2.05, 4.69) is 20.7 Å². The Labute approximate surface area is 98.1 Å². The highest BCUT2D eigenvalue weighted by atomic mass is 79.9. The minimum absolute atomic E-state index is 0.322. The summed E-state index contributed by atoms with van der Waals surface area (Å²) in [6.45, 7) is 1.90. The van der Waals surface area contributed by atoms with Crippen molar-refractivity contribution >= 4 is 27.5 Å². The Morgan fingerprint density at radius 1 is 1.47 bits per heavy atom. The third kappa shape index (κ3) is 3.20. The number of ether oxygens (including phenoxy) is 1. The average molecular weight is 269 g/mol. The Morgan fingerprint density at radius 2 is 2.13 bits per heavy atom. The Balaban J connectivity index is 3.05. The molecule has 1 aromatic carbocycles. The molecule has 0 N–H and O–H groups in total. The van der Waals surface area contributed by atoms with Crippen LogP contribution >= 0.6 is 15.9 Å². The number of carbonyl (C=O) groups is 1. The molecular formula is C12H13BrO2. The van der Waals surface area contributed by atoms with Crippen LogP contribution in [0.25, 0.3) is 5.57 Å². The molecule has 0 aromatic heterocycles. The first-order chi connectivity index (χ1) is 7.19. The third-order valence-electron chi connectivity index (χ3n) is 2.12. The molecule has 0 bridgehead atoms. The van der Waals surface area contributed by atoms with Gasteiger partial charge in [0.05, 0.1) is 7.11 Å². The smallest absolute Gasteiger partial charge is 0.330 e. The molecule has 0 aliphatic heterocycles. The second-order valence-electron chi connectivity index (χ2n) is 3.14. The second-order valence-corrected chi connectivity index (χ2v) is 3.70. The fraction of sp³-hybridized carbons (Fsp3) is 0.250. The maximum absolute atomic E-state index is 11.1. The van der Waals surface area contributed by atoms with E-state index in [-0.39, 0.29) is 5.97 Å². The maximum Gasteiger partial charge on any atom is 0.330 e. The van der Waals surface area contributed by atoms with Crippen molar-refractivity contribution in [2.24, 2.45) is 0 Å². The zero-order valence-electron chi connectivity index (χ0n) is 8.79. The van der Waals surface area contributed by atoms with Crippen molar-refractivity contribution in [3.8, 4) is 0 Å². The van der Waals surface area contributed by atoms with Crippen LogP contribution in [0.2, 0.25) is 0 Å². The van der Waals surface area contributed by atoms with Crippen LogP contribution < -0.4 is 0 Å². The summed E-state index contributed by atoms with van der Waals surface area (Å²) in [4.78, 5) is 11.1. The van der Waals surface area contributed by atoms with Gasteiger partial charge in [-0.3, -0.25) is 0 Å². The van der Waals surface area contributed by atoms with E-state index in [1.54, 1.807) is 0 Å². The molecule has 80 valence electrons. The molecule has 0 aliphatic carbocycles. The Hall–Kier alpha value is -1.09. The molecule has 15 heavy (non-hydrogen) atoms. The van der Waals surface area contributed by atoms with Gasteiger partial charge < -0.3 is 4.74 Å². The molecule has 0 heterocycles. The van der Waals surface area contributed by atoms with Crippen molar-refractivity contribution < 1.29 is 9.53 Å². The highest BCUT2D eigenvalue weighted by Gasteiger charge is 2.04. The fourth-order valence-corrected chi connectivity index (χ4v) is 1.82. The molecule has 0 fully saturated rings. The van der Waals surface area contributed by atoms with Gasteiger partial charge in [0.15, 0.2) is 0 Å². The van der Waals surface area contributed by atoms with Gasteiger partial charge in [-0.1, -0.05) is 40.2 Å². The number of esters is 1. The lowest BCUT2D eigenvalue weighted by Crippen LogP contribution is -1.97. The van der Waals surface area contributed by atoms with Crippen LogP contribution in [0.4, 0.5) is 0 Å². The number of rotatable bonds is 3. The van der Waals surface area contributed by atoms with E-state index >= 15 is 0 Å². The number of allylic oxidation sites excluding steroid dienone is 1. The molecule has 1 rings (SSSR count). The quantitative estimate of drug-likeness (QED) is 0.478. The molecule has 0 saturated carbocycles. The van der Waals surface area contributed by atoms with Crippen molar-refractivity contribution in [2.75, 3.05) is 7.11 Å². The number of methoxy groups -OCH3 is 1. The number of hydrogen-bond acceptors (Lipinski definition) is 2. The van der Waals surface area contributed by atoms with Crippen molar-refractivity contribution in [1.82, 2.24) is 0 Å². The van der Waals surface area contributed by atoms with E-state index in [1.807, 2.05) is 31.2 Å². The molecule has 0 saturated heterocycles. The van der Waals surface area contributed by atoms with E-state index in [0.717, 1.165) is 22.0 Å². The average Bonchev–Trinajstić information content (AvgIpc) is 2.28. The van der Waals surface area contributed by atoms with Crippen LogP contribution in [0, 0.1) is 0 Å². The van der Waals surface area contributed by atoms with E-state index < -0.39 is 0 Å². The van der Waals surface area contributed by atoms with Gasteiger partial charge in [0, 0.05) is 11.4 Å². The van der Waals surface area contributed by atoms with E-state index in [0.29, 0.717) is 0 Å². The largest absolute Gasteiger partial charge is 0.466 e. The second kappa shape index (κ2) is 5.71. The Morgan fingerprint density at radius 3 is 2.73 bits per heavy atom. The van der Waals surface area contributed by atoms with Gasteiger partial charge in [-0.25, -0.2) is 4.79 Å². The van der Waals surface area contributed by atoms with Gasteiger partial charge in [0.25, 0.3) is 0 Å². The van der Waals surface area contributed by atoms with Crippen LogP contribution in [-0.4, -0.2) is 13.1 Å². The highest BCUT2D eigenvalue weighted by molar-refractivity contribution is 9.08. The molecule has 1 aromatic rings. The molecule has 2 nitrogen and oxygen atoms in total. The first kappa shape index (κ1) is 12.0. The zero-order chi connectivity index (χ0) is 11.3. The predicted molar refractivity (Wildman–Crippen MR) is 64.7 cm³/mol. The molecule has 0 amide bonds. The molecule has 0 atom stereocenters. The van der Waals surface area contributed by atoms with E-state index in [1.165, 1.54) is 13.2 Å². The van der Waals surface area contributed by atoms with Gasteiger partial charge in [-0.15, -0.1) is 0 Å². The summed E-state index contributed by atoms with van der Waals surface area (Å²) in [6.07, 6.45) is 1.50. The van der Waals surface area contributed by atoms with Crippen LogP contribution in [0.5, 0.6) is 0 Å². The Bertz CT molecular complexity index is 383. The summed E-state index contributed by atoms with van der Waals surface area (Å²) in [5.41, 5.74) is 3.15. The summed E-state index contributed by atoms with van der Waals surface area (Å²) in [7, 11) is 1.38. The summed E-state index contributed by atoms with van der Waals surface area (Å²) >= 11 is 3.42. The Kier molecular flexibility index (Phi) is 4.56. The summed E-state index contributed by atoms with van der Waals surface area (Å²) in [5, 5.41) is 0.773. The molecule has 0 aliphatic rings. The number of halogens is 1. The summed E-state index contributed by atoms with van der Waals surface area (Å²) in [6, 6.07) is 7.95. The number of benzene rings is 1. The summed E-state index contributed by atoms with van der Waals surface area (Å²) in [5.74, 6) is -0.322. The third-order valence-corrected chi connectivity index (χ3v) is 2.73. The lowest BCUT2D eigenvalue weighted by atomic mass is 10.0. The predicted octanol–water partition coefficient (Wildman–Crippen LogP) is 3.16. The van der Waals surface area contributed by atoms with Gasteiger partial charge in [0.2, 0.25) is 0 Å². The molecule has 0 unspecified atom stereocenters. The standard InChI is InChI=1S/C12H13BrO2/c1-9(7-12(14)15-2)11-6-4-3-5-10(11)8-13/h3-7H,8H2,1-2H3/b9-7+. The van der Waals surface area contributed by atoms with Crippen molar-refractivity contribution in [2.45, 2.75) is 12.3 Å². The van der Waals surface area contributed by atoms with Crippen LogP contribution in [0.1, 0.15) is 18.1 Å². The zero-order valence-corrected chi connectivity index (χ0v) is 10.4. The fourth-order valence-electron chi connectivity index (χ4n) is 1.33. The maximum atomic E-state index is 11.1. The lowest BCUT2D eigenvalue weighted by molar-refractivity contribution is -0.134. The monoisotopic (exact) mass is 268 g/mol. The SMILES string of the molecule is COC(=O)/C=C(\C)c1ccccc1CBr. The highest BCUT2D eigenvalue weighted by Crippen LogP contribution is 2.20. The van der Waals surface area contributed by atoms with Crippen molar-refractivity contribution in [3.05, 3.63) is 41.5 Å². The van der Waals surface area contributed by atoms with E-state index in [9.17, 15) is 4.79 Å². The summed E-state index contributed by atoms with van der Waals surface area (Å²) < 4.78 is 4.59. The first-order valence-electron chi connectivity index (χ1n) is 4.59. The molecular weight excluding hydrogens is 256 g/mol. The molecule has 0 radical (unpaired) electrons. The number of hydrogen-bond donors (Lipinski definition) is 0. The van der Waals surface area contributed by atoms with E-state index in [4.69, 9.17) is 0 Å². The topological polar surface area (TPSA) is 26.3 Å². The first-order valence-corrected chi connectivity index (χ1v) is 5.71. The molecule has 0 spiro atoms. The van der Waals surface area contributed by atoms with Gasteiger partial charge in [0.1, 0.15) is 0 Å².